The number of aliphatic hydroxyl groups is 1. The first kappa shape index (κ1) is 14.1. The van der Waals surface area contributed by atoms with Gasteiger partial charge in [-0.05, 0) is 18.1 Å². The molecule has 19 heavy (non-hydrogen) atoms. The molecule has 3 nitrogen and oxygen atoms in total. The van der Waals surface area contributed by atoms with Crippen molar-refractivity contribution in [2.45, 2.75) is 51.2 Å². The molecule has 0 aliphatic carbocycles. The average Bonchev–Trinajstić information content (AvgIpc) is 2.68. The quantitative estimate of drug-likeness (QED) is 0.799. The summed E-state index contributed by atoms with van der Waals surface area (Å²) in [6.45, 7) is 2.18. The lowest BCUT2D eigenvalue weighted by Crippen LogP contribution is -2.31. The fraction of sp³-hybridized carbons (Fsp3) is 0.562. The monoisotopic (exact) mass is 261 g/mol. The van der Waals surface area contributed by atoms with E-state index in [4.69, 9.17) is 0 Å². The van der Waals surface area contributed by atoms with Gasteiger partial charge in [-0.25, -0.2) is 0 Å². The van der Waals surface area contributed by atoms with Gasteiger partial charge in [0.25, 0.3) is 5.91 Å². The fourth-order valence-corrected chi connectivity index (χ4v) is 2.88. The van der Waals surface area contributed by atoms with Crippen molar-refractivity contribution in [2.75, 3.05) is 7.05 Å². The van der Waals surface area contributed by atoms with Crippen LogP contribution in [0.5, 0.6) is 0 Å². The molecule has 0 saturated carbocycles. The largest absolute Gasteiger partial charge is 0.391 e. The van der Waals surface area contributed by atoms with Crippen molar-refractivity contribution in [3.05, 3.63) is 35.4 Å². The molecule has 1 heterocycles. The molecule has 0 bridgehead atoms. The second kappa shape index (κ2) is 6.20. The Balaban J connectivity index is 2.05. The highest BCUT2D eigenvalue weighted by Gasteiger charge is 2.37. The number of carbonyl (C=O) groups is 1. The molecule has 0 spiro atoms. The molecule has 1 N–H and O–H groups in total. The van der Waals surface area contributed by atoms with Gasteiger partial charge in [0.2, 0.25) is 0 Å². The first-order chi connectivity index (χ1) is 9.16. The lowest BCUT2D eigenvalue weighted by atomic mass is 9.96. The number of benzene rings is 1. The first-order valence-electron chi connectivity index (χ1n) is 7.21. The van der Waals surface area contributed by atoms with Gasteiger partial charge in [-0.15, -0.1) is 0 Å². The molecule has 1 aromatic carbocycles. The molecule has 1 aliphatic heterocycles. The molecule has 3 heteroatoms. The summed E-state index contributed by atoms with van der Waals surface area (Å²) in [6, 6.07) is 7.43. The van der Waals surface area contributed by atoms with E-state index in [1.807, 2.05) is 24.3 Å². The summed E-state index contributed by atoms with van der Waals surface area (Å²) in [7, 11) is 1.78. The van der Waals surface area contributed by atoms with Crippen molar-refractivity contribution >= 4 is 5.91 Å². The normalized spacial score (nSPS) is 19.6. The molecule has 104 valence electrons. The van der Waals surface area contributed by atoms with Crippen LogP contribution in [0.25, 0.3) is 0 Å². The van der Waals surface area contributed by atoms with Gasteiger partial charge in [-0.2, -0.15) is 0 Å². The van der Waals surface area contributed by atoms with Crippen LogP contribution in [-0.2, 0) is 0 Å². The van der Waals surface area contributed by atoms with Crippen molar-refractivity contribution in [3.63, 3.8) is 0 Å². The maximum Gasteiger partial charge on any atom is 0.254 e. The smallest absolute Gasteiger partial charge is 0.254 e. The van der Waals surface area contributed by atoms with E-state index in [1.54, 1.807) is 11.9 Å². The fourth-order valence-electron chi connectivity index (χ4n) is 2.88. The molecule has 2 rings (SSSR count). The average molecular weight is 261 g/mol. The van der Waals surface area contributed by atoms with Gasteiger partial charge in [0.1, 0.15) is 0 Å². The van der Waals surface area contributed by atoms with Gasteiger partial charge in [-0.3, -0.25) is 4.79 Å². The Morgan fingerprint density at radius 2 is 2.00 bits per heavy atom. The molecule has 0 aromatic heterocycles. The molecule has 2 atom stereocenters. The highest BCUT2D eigenvalue weighted by Crippen LogP contribution is 2.35. The number of hydrogen-bond donors (Lipinski definition) is 1. The van der Waals surface area contributed by atoms with Crippen LogP contribution in [0.3, 0.4) is 0 Å². The van der Waals surface area contributed by atoms with E-state index in [0.29, 0.717) is 0 Å². The molecule has 0 unspecified atom stereocenters. The van der Waals surface area contributed by atoms with Gasteiger partial charge < -0.3 is 10.0 Å². The first-order valence-corrected chi connectivity index (χ1v) is 7.21. The van der Waals surface area contributed by atoms with Crippen LogP contribution in [0.4, 0.5) is 0 Å². The number of unbranched alkanes of at least 4 members (excludes halogenated alkanes) is 3. The SMILES string of the molecule is CCCCCC[C@@H](O)[C@H]1c2ccccc2C(=O)N1C. The summed E-state index contributed by atoms with van der Waals surface area (Å²) in [5.41, 5.74) is 1.71. The van der Waals surface area contributed by atoms with Crippen LogP contribution in [0.2, 0.25) is 0 Å². The van der Waals surface area contributed by atoms with E-state index >= 15 is 0 Å². The summed E-state index contributed by atoms with van der Waals surface area (Å²) in [4.78, 5) is 13.8. The van der Waals surface area contributed by atoms with Gasteiger partial charge in [0.15, 0.2) is 0 Å². The minimum Gasteiger partial charge on any atom is -0.391 e. The number of aliphatic hydroxyl groups excluding tert-OH is 1. The number of rotatable bonds is 6. The maximum atomic E-state index is 12.1. The molecule has 1 aromatic rings. The second-order valence-corrected chi connectivity index (χ2v) is 5.36. The Kier molecular flexibility index (Phi) is 4.59. The van der Waals surface area contributed by atoms with E-state index < -0.39 is 6.10 Å². The van der Waals surface area contributed by atoms with Crippen LogP contribution >= 0.6 is 0 Å². The molecule has 0 fully saturated rings. The molecular weight excluding hydrogens is 238 g/mol. The van der Waals surface area contributed by atoms with Gasteiger partial charge in [0, 0.05) is 12.6 Å². The number of amides is 1. The number of carbonyl (C=O) groups excluding carboxylic acids is 1. The summed E-state index contributed by atoms with van der Waals surface area (Å²) in [5.74, 6) is 0.0215. The zero-order chi connectivity index (χ0) is 13.8. The van der Waals surface area contributed by atoms with E-state index in [1.165, 1.54) is 12.8 Å². The maximum absolute atomic E-state index is 12.1. The van der Waals surface area contributed by atoms with Crippen LogP contribution < -0.4 is 0 Å². The van der Waals surface area contributed by atoms with Crippen LogP contribution in [0, 0.1) is 0 Å². The highest BCUT2D eigenvalue weighted by molar-refractivity contribution is 5.99. The standard InChI is InChI=1S/C16H23NO2/c1-3-4-5-6-11-14(18)15-12-9-7-8-10-13(12)16(19)17(15)2/h7-10,14-15,18H,3-6,11H2,1-2H3/t14-,15-/m1/s1. The third-order valence-electron chi connectivity index (χ3n) is 3.97. The van der Waals surface area contributed by atoms with Crippen molar-refractivity contribution in [2.24, 2.45) is 0 Å². The Bertz CT molecular complexity index is 444. The van der Waals surface area contributed by atoms with Gasteiger partial charge in [0.05, 0.1) is 12.1 Å². The van der Waals surface area contributed by atoms with Crippen molar-refractivity contribution < 1.29 is 9.90 Å². The highest BCUT2D eigenvalue weighted by atomic mass is 16.3. The number of fused-ring (bicyclic) bond motifs is 1. The Hall–Kier alpha value is -1.35. The predicted molar refractivity (Wildman–Crippen MR) is 76.0 cm³/mol. The molecule has 0 saturated heterocycles. The zero-order valence-electron chi connectivity index (χ0n) is 11.8. The van der Waals surface area contributed by atoms with Crippen molar-refractivity contribution in [1.29, 1.82) is 0 Å². The summed E-state index contributed by atoms with van der Waals surface area (Å²) in [6.07, 6.45) is 4.88. The van der Waals surface area contributed by atoms with Crippen molar-refractivity contribution in [1.82, 2.24) is 4.90 Å². The Morgan fingerprint density at radius 1 is 1.26 bits per heavy atom. The van der Waals surface area contributed by atoms with Crippen molar-refractivity contribution in [3.8, 4) is 0 Å². The number of hydrogen-bond acceptors (Lipinski definition) is 2. The molecular formula is C16H23NO2. The Morgan fingerprint density at radius 3 is 2.74 bits per heavy atom. The molecule has 1 aliphatic rings. The van der Waals surface area contributed by atoms with E-state index in [-0.39, 0.29) is 11.9 Å². The van der Waals surface area contributed by atoms with E-state index in [0.717, 1.165) is 30.4 Å². The molecule has 0 radical (unpaired) electrons. The lowest BCUT2D eigenvalue weighted by molar-refractivity contribution is 0.0479. The lowest BCUT2D eigenvalue weighted by Gasteiger charge is -2.26. The summed E-state index contributed by atoms with van der Waals surface area (Å²) in [5, 5.41) is 10.4. The van der Waals surface area contributed by atoms with Crippen LogP contribution in [-0.4, -0.2) is 29.1 Å². The Labute approximate surface area is 115 Å². The minimum absolute atomic E-state index is 0.0215. The van der Waals surface area contributed by atoms with E-state index in [9.17, 15) is 9.90 Å². The number of nitrogens with zero attached hydrogens (tertiary/aromatic N) is 1. The predicted octanol–water partition coefficient (Wildman–Crippen LogP) is 3.14. The van der Waals surface area contributed by atoms with Gasteiger partial charge in [-0.1, -0.05) is 50.8 Å². The topological polar surface area (TPSA) is 40.5 Å². The zero-order valence-corrected chi connectivity index (χ0v) is 11.8. The van der Waals surface area contributed by atoms with Crippen LogP contribution in [0.1, 0.15) is 61.0 Å². The third-order valence-corrected chi connectivity index (χ3v) is 3.97. The molecule has 1 amide bonds. The summed E-state index contributed by atoms with van der Waals surface area (Å²) < 4.78 is 0. The second-order valence-electron chi connectivity index (χ2n) is 5.36. The minimum atomic E-state index is -0.463. The summed E-state index contributed by atoms with van der Waals surface area (Å²) >= 11 is 0. The third kappa shape index (κ3) is 2.81. The number of likely N-dealkylation sites (N-methyl/N-ethyl adjacent to an activating group) is 1. The van der Waals surface area contributed by atoms with E-state index in [2.05, 4.69) is 6.92 Å². The van der Waals surface area contributed by atoms with Gasteiger partial charge >= 0.3 is 0 Å². The van der Waals surface area contributed by atoms with Crippen LogP contribution in [0.15, 0.2) is 24.3 Å².